The van der Waals surface area contributed by atoms with E-state index in [2.05, 4.69) is 25.5 Å². The van der Waals surface area contributed by atoms with Gasteiger partial charge in [0.15, 0.2) is 5.78 Å². The smallest absolute Gasteiger partial charge is 0.423 e. The highest BCUT2D eigenvalue weighted by atomic mass is 35.5. The lowest BCUT2D eigenvalue weighted by molar-refractivity contribution is -0.139. The number of rotatable bonds is 10. The zero-order valence-electron chi connectivity index (χ0n) is 24.5. The molecule has 1 amide bonds. The molecule has 1 atom stereocenters. The van der Waals surface area contributed by atoms with Crippen molar-refractivity contribution in [3.8, 4) is 11.6 Å². The molecule has 0 bridgehead atoms. The Morgan fingerprint density at radius 2 is 1.98 bits per heavy atom. The summed E-state index contributed by atoms with van der Waals surface area (Å²) < 4.78 is 53.1. The van der Waals surface area contributed by atoms with Crippen molar-refractivity contribution in [1.82, 2.24) is 20.2 Å². The molecule has 232 valence electrons. The third-order valence-electron chi connectivity index (χ3n) is 7.50. The average Bonchev–Trinajstić information content (AvgIpc) is 3.25. The standard InChI is InChI=1S/C30H35ClF3N5O4/c1-5-6-24(26-20(15-31)17(2)13-23(26)40)43-28-21(30(32,33)34)16-35-29(38-28)37-22-8-7-18(14-25(22)42-4)27(41)36-19-9-11-39(3)12-10-19/h6-8,14,16-17,19H,5,9-13,15H2,1-4H3,(H,36,41)(H,35,37,38)/b24-6+. The Hall–Kier alpha value is -3.64. The van der Waals surface area contributed by atoms with E-state index in [0.717, 1.165) is 25.9 Å². The summed E-state index contributed by atoms with van der Waals surface area (Å²) in [4.78, 5) is 35.7. The van der Waals surface area contributed by atoms with Gasteiger partial charge in [0.05, 0.1) is 18.4 Å². The Bertz CT molecular complexity index is 1420. The first-order valence-electron chi connectivity index (χ1n) is 14.0. The molecular weight excluding hydrogens is 587 g/mol. The largest absolute Gasteiger partial charge is 0.495 e. The zero-order chi connectivity index (χ0) is 31.3. The predicted octanol–water partition coefficient (Wildman–Crippen LogP) is 5.89. The number of ether oxygens (including phenoxy) is 2. The van der Waals surface area contributed by atoms with Crippen molar-refractivity contribution in [3.05, 3.63) is 58.5 Å². The molecule has 1 fully saturated rings. The van der Waals surface area contributed by atoms with Crippen LogP contribution in [-0.2, 0) is 11.0 Å². The fraction of sp³-hybridized carbons (Fsp3) is 0.467. The molecule has 1 unspecified atom stereocenters. The third kappa shape index (κ3) is 7.66. The summed E-state index contributed by atoms with van der Waals surface area (Å²) >= 11 is 6.10. The number of carbonyl (C=O) groups is 2. The fourth-order valence-electron chi connectivity index (χ4n) is 5.08. The van der Waals surface area contributed by atoms with Gasteiger partial charge in [-0.05, 0) is 75.2 Å². The number of halogens is 4. The molecule has 1 aliphatic heterocycles. The van der Waals surface area contributed by atoms with Gasteiger partial charge < -0.3 is 25.0 Å². The summed E-state index contributed by atoms with van der Waals surface area (Å²) in [5.74, 6) is -1.37. The summed E-state index contributed by atoms with van der Waals surface area (Å²) in [6.07, 6.45) is -0.407. The van der Waals surface area contributed by atoms with Crippen molar-refractivity contribution in [2.45, 2.75) is 51.7 Å². The number of Topliss-reactive ketones (excluding diaryl/α,β-unsaturated/α-hetero) is 1. The second-order valence-corrected chi connectivity index (χ2v) is 10.9. The quantitative estimate of drug-likeness (QED) is 0.250. The summed E-state index contributed by atoms with van der Waals surface area (Å²) in [6, 6.07) is 4.73. The van der Waals surface area contributed by atoms with Crippen LogP contribution in [0, 0.1) is 5.92 Å². The zero-order valence-corrected chi connectivity index (χ0v) is 25.2. The number of alkyl halides is 4. The van der Waals surface area contributed by atoms with E-state index >= 15 is 0 Å². The number of benzene rings is 1. The van der Waals surface area contributed by atoms with Crippen LogP contribution in [0.3, 0.4) is 0 Å². The number of carbonyl (C=O) groups excluding carboxylic acids is 2. The van der Waals surface area contributed by atoms with Gasteiger partial charge in [-0.2, -0.15) is 18.2 Å². The Morgan fingerprint density at radius 3 is 2.60 bits per heavy atom. The second kappa shape index (κ2) is 13.8. The second-order valence-electron chi connectivity index (χ2n) is 10.6. The maximum Gasteiger partial charge on any atom is 0.423 e. The van der Waals surface area contributed by atoms with Gasteiger partial charge in [0.1, 0.15) is 17.1 Å². The van der Waals surface area contributed by atoms with Gasteiger partial charge >= 0.3 is 6.18 Å². The first-order valence-corrected chi connectivity index (χ1v) is 14.6. The maximum atomic E-state index is 14.0. The van der Waals surface area contributed by atoms with Crippen molar-refractivity contribution >= 4 is 34.9 Å². The highest BCUT2D eigenvalue weighted by Crippen LogP contribution is 2.40. The van der Waals surface area contributed by atoms with Gasteiger partial charge in [-0.25, -0.2) is 4.98 Å². The first-order chi connectivity index (χ1) is 20.4. The number of methoxy groups -OCH3 is 1. The molecule has 43 heavy (non-hydrogen) atoms. The molecular formula is C30H35ClF3N5O4. The Morgan fingerprint density at radius 1 is 1.26 bits per heavy atom. The summed E-state index contributed by atoms with van der Waals surface area (Å²) in [7, 11) is 3.45. The van der Waals surface area contributed by atoms with Gasteiger partial charge in [-0.3, -0.25) is 9.59 Å². The van der Waals surface area contributed by atoms with E-state index in [4.69, 9.17) is 21.1 Å². The lowest BCUT2D eigenvalue weighted by atomic mass is 10.0. The van der Waals surface area contributed by atoms with E-state index in [0.29, 0.717) is 29.4 Å². The third-order valence-corrected chi connectivity index (χ3v) is 7.78. The molecule has 1 aliphatic carbocycles. The number of anilines is 2. The average molecular weight is 622 g/mol. The van der Waals surface area contributed by atoms with E-state index in [-0.39, 0.29) is 59.0 Å². The van der Waals surface area contributed by atoms with Crippen molar-refractivity contribution in [2.24, 2.45) is 5.92 Å². The minimum Gasteiger partial charge on any atom is -0.495 e. The minimum atomic E-state index is -4.83. The van der Waals surface area contributed by atoms with Crippen LogP contribution in [0.5, 0.6) is 11.6 Å². The molecule has 4 rings (SSSR count). The summed E-state index contributed by atoms with van der Waals surface area (Å²) in [5.41, 5.74) is 0.269. The fourth-order valence-corrected chi connectivity index (χ4v) is 5.48. The number of likely N-dealkylation sites (tertiary alicyclic amines) is 1. The normalized spacial score (nSPS) is 18.7. The van der Waals surface area contributed by atoms with E-state index < -0.39 is 17.6 Å². The molecule has 0 radical (unpaired) electrons. The molecule has 13 heteroatoms. The Balaban J connectivity index is 1.61. The van der Waals surface area contributed by atoms with Crippen LogP contribution in [0.2, 0.25) is 0 Å². The van der Waals surface area contributed by atoms with Crippen LogP contribution in [-0.4, -0.2) is 65.7 Å². The number of amides is 1. The van der Waals surface area contributed by atoms with E-state index in [1.54, 1.807) is 19.1 Å². The van der Waals surface area contributed by atoms with Crippen molar-refractivity contribution in [1.29, 1.82) is 0 Å². The van der Waals surface area contributed by atoms with Crippen molar-refractivity contribution in [3.63, 3.8) is 0 Å². The van der Waals surface area contributed by atoms with Gasteiger partial charge in [-0.1, -0.05) is 13.8 Å². The molecule has 0 spiro atoms. The van der Waals surface area contributed by atoms with Gasteiger partial charge in [0.2, 0.25) is 11.8 Å². The Kier molecular flexibility index (Phi) is 10.3. The molecule has 1 aromatic heterocycles. The maximum absolute atomic E-state index is 14.0. The molecule has 0 saturated carbocycles. The topological polar surface area (TPSA) is 106 Å². The number of nitrogens with zero attached hydrogens (tertiary/aromatic N) is 3. The number of aromatic nitrogens is 2. The van der Waals surface area contributed by atoms with E-state index in [1.807, 2.05) is 14.0 Å². The summed E-state index contributed by atoms with van der Waals surface area (Å²) in [5, 5.41) is 5.89. The molecule has 2 aromatic rings. The highest BCUT2D eigenvalue weighted by molar-refractivity contribution is 6.20. The van der Waals surface area contributed by atoms with Crippen molar-refractivity contribution < 1.29 is 32.2 Å². The number of piperidine rings is 1. The predicted molar refractivity (Wildman–Crippen MR) is 157 cm³/mol. The van der Waals surface area contributed by atoms with E-state index in [9.17, 15) is 22.8 Å². The monoisotopic (exact) mass is 621 g/mol. The molecule has 1 aromatic carbocycles. The summed E-state index contributed by atoms with van der Waals surface area (Å²) in [6.45, 7) is 5.39. The van der Waals surface area contributed by atoms with Gasteiger partial charge in [0, 0.05) is 30.1 Å². The molecule has 2 N–H and O–H groups in total. The van der Waals surface area contributed by atoms with E-state index in [1.165, 1.54) is 19.3 Å². The number of hydrogen-bond acceptors (Lipinski definition) is 8. The number of allylic oxidation sites excluding steroid dienone is 3. The first kappa shape index (κ1) is 32.3. The molecule has 2 aliphatic rings. The van der Waals surface area contributed by atoms with Crippen LogP contribution in [0.25, 0.3) is 0 Å². The Labute approximate surface area is 253 Å². The molecule has 1 saturated heterocycles. The lowest BCUT2D eigenvalue weighted by Gasteiger charge is -2.29. The minimum absolute atomic E-state index is 0.0276. The number of hydrogen-bond donors (Lipinski definition) is 2. The molecule has 2 heterocycles. The van der Waals surface area contributed by atoms with Crippen LogP contribution in [0.1, 0.15) is 55.5 Å². The van der Waals surface area contributed by atoms with Crippen LogP contribution in [0.15, 0.2) is 47.4 Å². The number of nitrogens with one attached hydrogen (secondary N) is 2. The van der Waals surface area contributed by atoms with Gasteiger partial charge in [-0.15, -0.1) is 11.6 Å². The van der Waals surface area contributed by atoms with Crippen LogP contribution in [0.4, 0.5) is 24.8 Å². The SMILES string of the molecule is CC/C=C(/Oc1nc(Nc2ccc(C(=O)NC3CCN(C)CC3)cc2OC)ncc1C(F)(F)F)C1=C(CCl)C(C)CC1=O. The van der Waals surface area contributed by atoms with Gasteiger partial charge in [0.25, 0.3) is 5.91 Å². The van der Waals surface area contributed by atoms with Crippen molar-refractivity contribution in [2.75, 3.05) is 38.4 Å². The van der Waals surface area contributed by atoms with Crippen LogP contribution < -0.4 is 20.1 Å². The van der Waals surface area contributed by atoms with Crippen LogP contribution >= 0.6 is 11.6 Å². The highest BCUT2D eigenvalue weighted by Gasteiger charge is 2.38. The molecule has 9 nitrogen and oxygen atoms in total. The lowest BCUT2D eigenvalue weighted by Crippen LogP contribution is -2.43. The number of ketones is 1.